The number of halogens is 1. The molecule has 0 radical (unpaired) electrons. The summed E-state index contributed by atoms with van der Waals surface area (Å²) in [5.74, 6) is 0.540. The van der Waals surface area contributed by atoms with Gasteiger partial charge >= 0.3 is 0 Å². The minimum Gasteiger partial charge on any atom is -0.366 e. The van der Waals surface area contributed by atoms with Crippen molar-refractivity contribution >= 4 is 29.7 Å². The highest BCUT2D eigenvalue weighted by atomic mass is 35.5. The Morgan fingerprint density at radius 2 is 1.79 bits per heavy atom. The van der Waals surface area contributed by atoms with Crippen LogP contribution >= 0.6 is 12.4 Å². The molecule has 3 saturated heterocycles. The molecule has 29 heavy (non-hydrogen) atoms. The lowest BCUT2D eigenvalue weighted by Gasteiger charge is -2.35. The maximum Gasteiger partial charge on any atom is 0.293 e. The van der Waals surface area contributed by atoms with Gasteiger partial charge in [-0.15, -0.1) is 12.4 Å². The van der Waals surface area contributed by atoms with E-state index in [-0.39, 0.29) is 35.0 Å². The molecule has 3 fully saturated rings. The third-order valence-electron chi connectivity index (χ3n) is 6.86. The molecule has 1 N–H and O–H groups in total. The summed E-state index contributed by atoms with van der Waals surface area (Å²) < 4.78 is 0. The van der Waals surface area contributed by atoms with E-state index < -0.39 is 0 Å². The lowest BCUT2D eigenvalue weighted by atomic mass is 9.97. The van der Waals surface area contributed by atoms with Crippen LogP contribution < -0.4 is 10.2 Å². The van der Waals surface area contributed by atoms with Gasteiger partial charge in [0.2, 0.25) is 0 Å². The molecule has 8 heteroatoms. The molecule has 1 amide bonds. The maximum absolute atomic E-state index is 13.1. The SMILES string of the molecule is CC1CCN(c2ccc(C(=O)N(C)C3CC4CCC(C3)N4)cc2[N+](=O)[O-])CC1.Cl. The van der Waals surface area contributed by atoms with Crippen molar-refractivity contribution in [2.45, 2.75) is 63.6 Å². The van der Waals surface area contributed by atoms with Gasteiger partial charge in [0, 0.05) is 49.9 Å². The van der Waals surface area contributed by atoms with Crippen LogP contribution in [0.25, 0.3) is 0 Å². The predicted molar refractivity (Wildman–Crippen MR) is 116 cm³/mol. The van der Waals surface area contributed by atoms with Crippen molar-refractivity contribution in [1.82, 2.24) is 10.2 Å². The van der Waals surface area contributed by atoms with Crippen LogP contribution in [-0.4, -0.2) is 54.0 Å². The van der Waals surface area contributed by atoms with Gasteiger partial charge < -0.3 is 15.1 Å². The third kappa shape index (κ3) is 4.51. The molecule has 1 aromatic carbocycles. The number of hydrogen-bond donors (Lipinski definition) is 1. The van der Waals surface area contributed by atoms with Gasteiger partial charge in [-0.05, 0) is 56.6 Å². The van der Waals surface area contributed by atoms with Crippen LogP contribution in [0.5, 0.6) is 0 Å². The number of carbonyl (C=O) groups is 1. The van der Waals surface area contributed by atoms with Crippen LogP contribution in [0.4, 0.5) is 11.4 Å². The lowest BCUT2D eigenvalue weighted by Crippen LogP contribution is -2.48. The van der Waals surface area contributed by atoms with Crippen LogP contribution in [0.15, 0.2) is 18.2 Å². The first-order valence-electron chi connectivity index (χ1n) is 10.5. The first-order valence-corrected chi connectivity index (χ1v) is 10.5. The fraction of sp³-hybridized carbons (Fsp3) is 0.667. The molecule has 3 aliphatic rings. The summed E-state index contributed by atoms with van der Waals surface area (Å²) in [4.78, 5) is 28.3. The Morgan fingerprint density at radius 1 is 1.17 bits per heavy atom. The van der Waals surface area contributed by atoms with E-state index in [0.29, 0.717) is 29.3 Å². The molecule has 0 aromatic heterocycles. The molecule has 0 saturated carbocycles. The van der Waals surface area contributed by atoms with Crippen molar-refractivity contribution in [2.24, 2.45) is 5.92 Å². The van der Waals surface area contributed by atoms with Crippen LogP contribution in [0.2, 0.25) is 0 Å². The molecule has 0 aliphatic carbocycles. The summed E-state index contributed by atoms with van der Waals surface area (Å²) in [5, 5.41) is 15.3. The maximum atomic E-state index is 13.1. The number of nitrogens with zero attached hydrogens (tertiary/aromatic N) is 3. The quantitative estimate of drug-likeness (QED) is 0.592. The van der Waals surface area contributed by atoms with Gasteiger partial charge in [-0.1, -0.05) is 6.92 Å². The smallest absolute Gasteiger partial charge is 0.293 e. The number of amides is 1. The highest BCUT2D eigenvalue weighted by molar-refractivity contribution is 5.96. The Morgan fingerprint density at radius 3 is 2.38 bits per heavy atom. The van der Waals surface area contributed by atoms with E-state index in [1.165, 1.54) is 18.9 Å². The average molecular weight is 423 g/mol. The van der Waals surface area contributed by atoms with E-state index in [1.807, 2.05) is 7.05 Å². The Bertz CT molecular complexity index is 754. The molecule has 4 rings (SSSR count). The second-order valence-electron chi connectivity index (χ2n) is 8.81. The van der Waals surface area contributed by atoms with E-state index in [1.54, 1.807) is 17.0 Å². The number of anilines is 1. The zero-order valence-corrected chi connectivity index (χ0v) is 18.0. The van der Waals surface area contributed by atoms with E-state index >= 15 is 0 Å². The zero-order valence-electron chi connectivity index (χ0n) is 17.2. The predicted octanol–water partition coefficient (Wildman–Crippen LogP) is 3.61. The highest BCUT2D eigenvalue weighted by Gasteiger charge is 2.37. The first-order chi connectivity index (χ1) is 13.4. The van der Waals surface area contributed by atoms with Crippen molar-refractivity contribution in [2.75, 3.05) is 25.0 Å². The van der Waals surface area contributed by atoms with Gasteiger partial charge in [-0.3, -0.25) is 14.9 Å². The van der Waals surface area contributed by atoms with Crippen LogP contribution in [0.3, 0.4) is 0 Å². The van der Waals surface area contributed by atoms with Gasteiger partial charge in [-0.25, -0.2) is 0 Å². The van der Waals surface area contributed by atoms with Crippen LogP contribution in [0.1, 0.15) is 55.8 Å². The van der Waals surface area contributed by atoms with Crippen LogP contribution in [0, 0.1) is 16.0 Å². The van der Waals surface area contributed by atoms with E-state index in [9.17, 15) is 14.9 Å². The number of nitro groups is 1. The number of hydrogen-bond acceptors (Lipinski definition) is 5. The molecule has 2 unspecified atom stereocenters. The van der Waals surface area contributed by atoms with Crippen molar-refractivity contribution in [1.29, 1.82) is 0 Å². The number of nitrogens with one attached hydrogen (secondary N) is 1. The topological polar surface area (TPSA) is 78.7 Å². The van der Waals surface area contributed by atoms with E-state index in [0.717, 1.165) is 38.8 Å². The third-order valence-corrected chi connectivity index (χ3v) is 6.86. The average Bonchev–Trinajstić information content (AvgIpc) is 3.04. The minimum absolute atomic E-state index is 0. The summed E-state index contributed by atoms with van der Waals surface area (Å²) in [6.07, 6.45) is 6.36. The molecule has 2 atom stereocenters. The summed E-state index contributed by atoms with van der Waals surface area (Å²) >= 11 is 0. The normalized spacial score (nSPS) is 26.7. The summed E-state index contributed by atoms with van der Waals surface area (Å²) in [5.41, 5.74) is 1.09. The summed E-state index contributed by atoms with van der Waals surface area (Å²) in [7, 11) is 1.84. The first kappa shape index (κ1) is 21.8. The molecular weight excluding hydrogens is 392 g/mol. The Kier molecular flexibility index (Phi) is 6.69. The van der Waals surface area contributed by atoms with Crippen molar-refractivity contribution in [3.05, 3.63) is 33.9 Å². The Balaban J connectivity index is 0.00000240. The molecule has 3 aliphatic heterocycles. The molecule has 1 aromatic rings. The van der Waals surface area contributed by atoms with Gasteiger partial charge in [0.1, 0.15) is 5.69 Å². The lowest BCUT2D eigenvalue weighted by molar-refractivity contribution is -0.384. The number of nitro benzene ring substituents is 1. The van der Waals surface area contributed by atoms with E-state index in [2.05, 4.69) is 17.1 Å². The highest BCUT2D eigenvalue weighted by Crippen LogP contribution is 2.34. The summed E-state index contributed by atoms with van der Waals surface area (Å²) in [6.45, 7) is 3.87. The van der Waals surface area contributed by atoms with E-state index in [4.69, 9.17) is 0 Å². The van der Waals surface area contributed by atoms with Gasteiger partial charge in [0.25, 0.3) is 11.6 Å². The Labute approximate surface area is 178 Å². The fourth-order valence-electron chi connectivity index (χ4n) is 5.03. The number of benzene rings is 1. The monoisotopic (exact) mass is 422 g/mol. The summed E-state index contributed by atoms with van der Waals surface area (Å²) in [6, 6.07) is 6.20. The molecule has 0 spiro atoms. The van der Waals surface area contributed by atoms with Gasteiger partial charge in [0.05, 0.1) is 4.92 Å². The number of rotatable bonds is 4. The zero-order chi connectivity index (χ0) is 19.8. The second-order valence-corrected chi connectivity index (χ2v) is 8.81. The molecule has 2 bridgehead atoms. The van der Waals surface area contributed by atoms with Gasteiger partial charge in [-0.2, -0.15) is 0 Å². The standard InChI is InChI=1S/C21H30N4O3.ClH/c1-14-7-9-24(10-8-14)19-6-3-15(11-20(19)25(27)28)21(26)23(2)18-12-16-4-5-17(13-18)22-16;/h3,6,11,14,16-18,22H,4-5,7-10,12-13H2,1-2H3;1H. The minimum atomic E-state index is -0.352. The Hall–Kier alpha value is -1.86. The fourth-order valence-corrected chi connectivity index (χ4v) is 5.03. The number of piperidine rings is 2. The number of fused-ring (bicyclic) bond motifs is 2. The number of carbonyl (C=O) groups excluding carboxylic acids is 1. The molecule has 3 heterocycles. The van der Waals surface area contributed by atoms with Crippen molar-refractivity contribution in [3.8, 4) is 0 Å². The molecule has 160 valence electrons. The van der Waals surface area contributed by atoms with Crippen LogP contribution in [-0.2, 0) is 0 Å². The molecule has 7 nitrogen and oxygen atoms in total. The largest absolute Gasteiger partial charge is 0.366 e. The van der Waals surface area contributed by atoms with Gasteiger partial charge in [0.15, 0.2) is 0 Å². The van der Waals surface area contributed by atoms with Crippen molar-refractivity contribution < 1.29 is 9.72 Å². The molecular formula is C21H31ClN4O3. The van der Waals surface area contributed by atoms with Crippen molar-refractivity contribution in [3.63, 3.8) is 0 Å². The second kappa shape index (κ2) is 8.88.